The van der Waals surface area contributed by atoms with Crippen LogP contribution < -0.4 is 5.32 Å². The lowest BCUT2D eigenvalue weighted by Crippen LogP contribution is -2.38. The molecule has 5 nitrogen and oxygen atoms in total. The molecule has 1 aromatic carbocycles. The molecule has 1 aliphatic rings. The summed E-state index contributed by atoms with van der Waals surface area (Å²) >= 11 is 0. The van der Waals surface area contributed by atoms with E-state index in [9.17, 15) is 14.7 Å². The molecule has 1 aromatic rings. The molecule has 0 aromatic heterocycles. The highest BCUT2D eigenvalue weighted by molar-refractivity contribution is 5.95. The fourth-order valence-corrected chi connectivity index (χ4v) is 2.20. The molecule has 0 aliphatic heterocycles. The maximum absolute atomic E-state index is 12.0. The smallest absolute Gasteiger partial charge is 0.251 e. The highest BCUT2D eigenvalue weighted by Gasteiger charge is 2.23. The molecule has 0 radical (unpaired) electrons. The Labute approximate surface area is 137 Å². The molecule has 2 amide bonds. The molecular formula is C18H24N2O3. The van der Waals surface area contributed by atoms with Gasteiger partial charge < -0.3 is 15.3 Å². The van der Waals surface area contributed by atoms with Crippen LogP contribution in [0.1, 0.15) is 42.6 Å². The average Bonchev–Trinajstić information content (AvgIpc) is 3.27. The Balaban J connectivity index is 1.91. The zero-order valence-corrected chi connectivity index (χ0v) is 13.9. The second-order valence-corrected chi connectivity index (χ2v) is 6.71. The number of benzene rings is 1. The maximum Gasteiger partial charge on any atom is 0.251 e. The lowest BCUT2D eigenvalue weighted by Gasteiger charge is -2.24. The second-order valence-electron chi connectivity index (χ2n) is 6.71. The number of rotatable bonds is 6. The van der Waals surface area contributed by atoms with Gasteiger partial charge in [0.15, 0.2) is 0 Å². The third-order valence-electron chi connectivity index (χ3n) is 3.50. The van der Waals surface area contributed by atoms with Gasteiger partial charge in [-0.3, -0.25) is 9.59 Å². The fourth-order valence-electron chi connectivity index (χ4n) is 2.20. The van der Waals surface area contributed by atoms with Crippen molar-refractivity contribution in [2.75, 3.05) is 13.6 Å². The number of amides is 2. The number of nitrogens with zero attached hydrogens (tertiary/aromatic N) is 1. The molecule has 0 atom stereocenters. The summed E-state index contributed by atoms with van der Waals surface area (Å²) in [5, 5.41) is 12.7. The number of carbonyl (C=O) groups excluding carboxylic acids is 2. The number of hydrogen-bond donors (Lipinski definition) is 2. The van der Waals surface area contributed by atoms with Crippen molar-refractivity contribution in [2.45, 2.75) is 38.3 Å². The van der Waals surface area contributed by atoms with E-state index in [0.717, 1.165) is 18.4 Å². The molecule has 0 spiro atoms. The molecule has 1 fully saturated rings. The standard InChI is InChI=1S/C18H24N2O3/c1-18(2,23)12-20(3)16(21)11-6-13-4-7-14(8-5-13)17(22)19-15-9-10-15/h4-8,11,15,23H,9-10,12H2,1-3H3,(H,19,22)/b11-6+. The average molecular weight is 316 g/mol. The zero-order chi connectivity index (χ0) is 17.0. The SMILES string of the molecule is CN(CC(C)(C)O)C(=O)/C=C/c1ccc(C(=O)NC2CC2)cc1. The van der Waals surface area contributed by atoms with E-state index >= 15 is 0 Å². The van der Waals surface area contributed by atoms with Gasteiger partial charge in [0.1, 0.15) is 0 Å². The van der Waals surface area contributed by atoms with Crippen LogP contribution >= 0.6 is 0 Å². The van der Waals surface area contributed by atoms with Crippen molar-refractivity contribution < 1.29 is 14.7 Å². The predicted molar refractivity (Wildman–Crippen MR) is 89.9 cm³/mol. The van der Waals surface area contributed by atoms with Crippen LogP contribution in [0.4, 0.5) is 0 Å². The molecule has 2 N–H and O–H groups in total. The third kappa shape index (κ3) is 5.87. The Morgan fingerprint density at radius 1 is 1.30 bits per heavy atom. The number of hydrogen-bond acceptors (Lipinski definition) is 3. The van der Waals surface area contributed by atoms with E-state index in [1.807, 2.05) is 12.1 Å². The van der Waals surface area contributed by atoms with Crippen molar-refractivity contribution in [1.29, 1.82) is 0 Å². The van der Waals surface area contributed by atoms with Crippen LogP contribution in [-0.4, -0.2) is 47.1 Å². The quantitative estimate of drug-likeness (QED) is 0.787. The minimum Gasteiger partial charge on any atom is -0.389 e. The van der Waals surface area contributed by atoms with E-state index in [-0.39, 0.29) is 18.4 Å². The van der Waals surface area contributed by atoms with Crippen LogP contribution in [0, 0.1) is 0 Å². The number of aliphatic hydroxyl groups is 1. The van der Waals surface area contributed by atoms with Gasteiger partial charge in [0, 0.05) is 31.3 Å². The molecule has 1 aliphatic carbocycles. The summed E-state index contributed by atoms with van der Waals surface area (Å²) < 4.78 is 0. The van der Waals surface area contributed by atoms with Gasteiger partial charge in [0.05, 0.1) is 5.60 Å². The summed E-state index contributed by atoms with van der Waals surface area (Å²) in [6, 6.07) is 7.46. The largest absolute Gasteiger partial charge is 0.389 e. The van der Waals surface area contributed by atoms with E-state index in [1.54, 1.807) is 39.1 Å². The highest BCUT2D eigenvalue weighted by atomic mass is 16.3. The van der Waals surface area contributed by atoms with Crippen LogP contribution in [0.15, 0.2) is 30.3 Å². The first-order valence-electron chi connectivity index (χ1n) is 7.81. The van der Waals surface area contributed by atoms with Gasteiger partial charge in [-0.05, 0) is 50.5 Å². The molecular weight excluding hydrogens is 292 g/mol. The topological polar surface area (TPSA) is 69.6 Å². The summed E-state index contributed by atoms with van der Waals surface area (Å²) in [4.78, 5) is 25.3. The minimum absolute atomic E-state index is 0.0518. The fraction of sp³-hybridized carbons (Fsp3) is 0.444. The van der Waals surface area contributed by atoms with Crippen LogP contribution in [-0.2, 0) is 4.79 Å². The molecule has 0 unspecified atom stereocenters. The summed E-state index contributed by atoms with van der Waals surface area (Å²) in [6.45, 7) is 3.58. The van der Waals surface area contributed by atoms with Gasteiger partial charge in [-0.2, -0.15) is 0 Å². The summed E-state index contributed by atoms with van der Waals surface area (Å²) in [5.74, 6) is -0.230. The summed E-state index contributed by atoms with van der Waals surface area (Å²) in [5.41, 5.74) is 0.548. The molecule has 2 rings (SSSR count). The van der Waals surface area contributed by atoms with Crippen molar-refractivity contribution >= 4 is 17.9 Å². The lowest BCUT2D eigenvalue weighted by atomic mass is 10.1. The van der Waals surface area contributed by atoms with Crippen LogP contribution in [0.5, 0.6) is 0 Å². The van der Waals surface area contributed by atoms with Crippen LogP contribution in [0.25, 0.3) is 6.08 Å². The Bertz CT molecular complexity index is 596. The van der Waals surface area contributed by atoms with Crippen molar-refractivity contribution in [2.24, 2.45) is 0 Å². The van der Waals surface area contributed by atoms with Crippen molar-refractivity contribution in [3.8, 4) is 0 Å². The van der Waals surface area contributed by atoms with E-state index in [1.165, 1.54) is 11.0 Å². The third-order valence-corrected chi connectivity index (χ3v) is 3.50. The number of carbonyl (C=O) groups is 2. The zero-order valence-electron chi connectivity index (χ0n) is 13.9. The van der Waals surface area contributed by atoms with Gasteiger partial charge in [-0.25, -0.2) is 0 Å². The van der Waals surface area contributed by atoms with Crippen molar-refractivity contribution in [3.05, 3.63) is 41.5 Å². The molecule has 0 heterocycles. The van der Waals surface area contributed by atoms with Crippen molar-refractivity contribution in [1.82, 2.24) is 10.2 Å². The van der Waals surface area contributed by atoms with Gasteiger partial charge in [0.2, 0.25) is 5.91 Å². The first-order chi connectivity index (χ1) is 10.7. The van der Waals surface area contributed by atoms with E-state index in [0.29, 0.717) is 11.6 Å². The monoisotopic (exact) mass is 316 g/mol. The molecule has 124 valence electrons. The Kier molecular flexibility index (Phi) is 5.21. The van der Waals surface area contributed by atoms with E-state index in [4.69, 9.17) is 0 Å². The summed E-state index contributed by atoms with van der Waals surface area (Å²) in [7, 11) is 1.65. The number of nitrogens with one attached hydrogen (secondary N) is 1. The lowest BCUT2D eigenvalue weighted by molar-refractivity contribution is -0.127. The van der Waals surface area contributed by atoms with E-state index < -0.39 is 5.60 Å². The number of likely N-dealkylation sites (N-methyl/N-ethyl adjacent to an activating group) is 1. The molecule has 23 heavy (non-hydrogen) atoms. The highest BCUT2D eigenvalue weighted by Crippen LogP contribution is 2.19. The van der Waals surface area contributed by atoms with E-state index in [2.05, 4.69) is 5.32 Å². The maximum atomic E-state index is 12.0. The van der Waals surface area contributed by atoms with Gasteiger partial charge in [-0.15, -0.1) is 0 Å². The Morgan fingerprint density at radius 3 is 2.43 bits per heavy atom. The first-order valence-corrected chi connectivity index (χ1v) is 7.81. The molecule has 5 heteroatoms. The Morgan fingerprint density at radius 2 is 1.91 bits per heavy atom. The normalized spacial score (nSPS) is 14.8. The van der Waals surface area contributed by atoms with Crippen LogP contribution in [0.3, 0.4) is 0 Å². The van der Waals surface area contributed by atoms with Crippen molar-refractivity contribution in [3.63, 3.8) is 0 Å². The van der Waals surface area contributed by atoms with Crippen LogP contribution in [0.2, 0.25) is 0 Å². The second kappa shape index (κ2) is 6.96. The molecule has 0 saturated heterocycles. The molecule has 1 saturated carbocycles. The Hall–Kier alpha value is -2.14. The first kappa shape index (κ1) is 17.2. The predicted octanol–water partition coefficient (Wildman–Crippen LogP) is 1.82. The van der Waals surface area contributed by atoms with Gasteiger partial charge >= 0.3 is 0 Å². The summed E-state index contributed by atoms with van der Waals surface area (Å²) in [6.07, 6.45) is 5.29. The van der Waals surface area contributed by atoms with Gasteiger partial charge in [0.25, 0.3) is 5.91 Å². The van der Waals surface area contributed by atoms with Gasteiger partial charge in [-0.1, -0.05) is 12.1 Å². The molecule has 0 bridgehead atoms. The minimum atomic E-state index is -0.922.